The van der Waals surface area contributed by atoms with Gasteiger partial charge in [0.25, 0.3) is 0 Å². The van der Waals surface area contributed by atoms with E-state index in [0.717, 1.165) is 77.0 Å². The molecule has 0 bridgehead atoms. The van der Waals surface area contributed by atoms with Gasteiger partial charge in [-0.2, -0.15) is 0 Å². The van der Waals surface area contributed by atoms with Crippen molar-refractivity contribution in [2.24, 2.45) is 0 Å². The number of allylic oxidation sites excluding steroid dienone is 8. The van der Waals surface area contributed by atoms with Gasteiger partial charge in [0, 0.05) is 19.3 Å². The molecule has 0 aliphatic rings. The van der Waals surface area contributed by atoms with Crippen molar-refractivity contribution in [2.75, 3.05) is 13.2 Å². The van der Waals surface area contributed by atoms with Gasteiger partial charge in [-0.25, -0.2) is 0 Å². The molecule has 0 N–H and O–H groups in total. The Morgan fingerprint density at radius 3 is 0.862 bits per heavy atom. The van der Waals surface area contributed by atoms with Crippen molar-refractivity contribution in [3.63, 3.8) is 0 Å². The van der Waals surface area contributed by atoms with Crippen molar-refractivity contribution in [3.05, 3.63) is 48.6 Å². The first-order valence-electron chi connectivity index (χ1n) is 28.1. The molecule has 0 aromatic carbocycles. The van der Waals surface area contributed by atoms with Crippen LogP contribution in [0.15, 0.2) is 48.6 Å². The van der Waals surface area contributed by atoms with Crippen LogP contribution in [0.4, 0.5) is 0 Å². The smallest absolute Gasteiger partial charge is 0.306 e. The van der Waals surface area contributed by atoms with E-state index < -0.39 is 6.10 Å². The number of unbranched alkanes of at least 4 members (excludes halogenated alkanes) is 32. The lowest BCUT2D eigenvalue weighted by molar-refractivity contribution is -0.167. The first-order valence-corrected chi connectivity index (χ1v) is 28.1. The van der Waals surface area contributed by atoms with E-state index in [9.17, 15) is 14.4 Å². The predicted molar refractivity (Wildman–Crippen MR) is 279 cm³/mol. The van der Waals surface area contributed by atoms with Gasteiger partial charge in [-0.15, -0.1) is 0 Å². The lowest BCUT2D eigenvalue weighted by atomic mass is 10.0. The molecule has 0 aromatic heterocycles. The Labute approximate surface area is 403 Å². The van der Waals surface area contributed by atoms with Crippen LogP contribution in [0.2, 0.25) is 0 Å². The van der Waals surface area contributed by atoms with E-state index in [0.29, 0.717) is 19.3 Å². The van der Waals surface area contributed by atoms with E-state index in [1.54, 1.807) is 0 Å². The summed E-state index contributed by atoms with van der Waals surface area (Å²) in [5.41, 5.74) is 0. The summed E-state index contributed by atoms with van der Waals surface area (Å²) in [6.07, 6.45) is 65.6. The third-order valence-corrected chi connectivity index (χ3v) is 12.3. The minimum atomic E-state index is -0.774. The van der Waals surface area contributed by atoms with Gasteiger partial charge < -0.3 is 14.2 Å². The second-order valence-corrected chi connectivity index (χ2v) is 18.8. The summed E-state index contributed by atoms with van der Waals surface area (Å²) in [7, 11) is 0. The number of hydrogen-bond donors (Lipinski definition) is 0. The van der Waals surface area contributed by atoms with Crippen molar-refractivity contribution in [2.45, 2.75) is 297 Å². The zero-order valence-electron chi connectivity index (χ0n) is 43.3. The summed E-state index contributed by atoms with van der Waals surface area (Å²) in [4.78, 5) is 37.8. The van der Waals surface area contributed by atoms with E-state index in [1.165, 1.54) is 173 Å². The van der Waals surface area contributed by atoms with Crippen molar-refractivity contribution in [3.8, 4) is 0 Å². The normalized spacial score (nSPS) is 12.4. The van der Waals surface area contributed by atoms with Gasteiger partial charge in [0.05, 0.1) is 0 Å². The topological polar surface area (TPSA) is 78.9 Å². The van der Waals surface area contributed by atoms with E-state index in [1.807, 2.05) is 0 Å². The van der Waals surface area contributed by atoms with Crippen LogP contribution in [0.3, 0.4) is 0 Å². The summed E-state index contributed by atoms with van der Waals surface area (Å²) in [5, 5.41) is 0. The Kier molecular flexibility index (Phi) is 51.8. The van der Waals surface area contributed by atoms with Crippen LogP contribution in [-0.4, -0.2) is 37.2 Å². The van der Waals surface area contributed by atoms with Crippen molar-refractivity contribution < 1.29 is 28.6 Å². The van der Waals surface area contributed by atoms with Crippen molar-refractivity contribution >= 4 is 17.9 Å². The van der Waals surface area contributed by atoms with E-state index >= 15 is 0 Å². The molecular formula is C59H106O6. The number of hydrogen-bond acceptors (Lipinski definition) is 6. The summed E-state index contributed by atoms with van der Waals surface area (Å²) in [5.74, 6) is -0.885. The number of esters is 3. The van der Waals surface area contributed by atoms with Crippen LogP contribution in [0.1, 0.15) is 290 Å². The van der Waals surface area contributed by atoms with Gasteiger partial charge in [-0.3, -0.25) is 14.4 Å². The molecule has 0 saturated heterocycles. The highest BCUT2D eigenvalue weighted by Crippen LogP contribution is 2.15. The third-order valence-electron chi connectivity index (χ3n) is 12.3. The zero-order valence-corrected chi connectivity index (χ0v) is 43.3. The van der Waals surface area contributed by atoms with Crippen LogP contribution in [0.5, 0.6) is 0 Å². The molecule has 0 heterocycles. The third kappa shape index (κ3) is 52.2. The highest BCUT2D eigenvalue weighted by Gasteiger charge is 2.19. The molecular weight excluding hydrogens is 805 g/mol. The van der Waals surface area contributed by atoms with Gasteiger partial charge in [0.15, 0.2) is 6.10 Å². The van der Waals surface area contributed by atoms with Gasteiger partial charge >= 0.3 is 17.9 Å². The van der Waals surface area contributed by atoms with Crippen molar-refractivity contribution in [1.82, 2.24) is 0 Å². The van der Waals surface area contributed by atoms with Crippen LogP contribution in [0, 0.1) is 0 Å². The quantitative estimate of drug-likeness (QED) is 0.0262. The monoisotopic (exact) mass is 911 g/mol. The molecule has 1 atom stereocenters. The number of carbonyl (C=O) groups excluding carboxylic acids is 3. The molecule has 0 rings (SSSR count). The Hall–Kier alpha value is -2.63. The molecule has 0 saturated carbocycles. The standard InChI is InChI=1S/C59H106O6/c1-4-7-10-13-16-18-20-22-24-26-28-29-30-31-32-34-35-37-39-41-43-46-49-52-58(61)64-55-56(54-63-57(60)51-48-45-15-12-9-6-3)65-59(62)53-50-47-44-42-40-38-36-33-27-25-23-21-19-17-14-11-8-5-2/h19-22,25-28,56H,4-18,23-24,29-55H2,1-3H3/b21-19-,22-20-,27-25-,28-26-. The molecule has 378 valence electrons. The molecule has 0 radical (unpaired) electrons. The molecule has 6 nitrogen and oxygen atoms in total. The fraction of sp³-hybridized carbons (Fsp3) is 0.814. The number of carbonyl (C=O) groups is 3. The average Bonchev–Trinajstić information content (AvgIpc) is 3.30. The molecule has 6 heteroatoms. The molecule has 0 aromatic rings. The number of ether oxygens (including phenoxy) is 3. The lowest BCUT2D eigenvalue weighted by Gasteiger charge is -2.18. The van der Waals surface area contributed by atoms with E-state index in [2.05, 4.69) is 69.4 Å². The molecule has 0 spiro atoms. The Morgan fingerprint density at radius 2 is 0.554 bits per heavy atom. The average molecular weight is 911 g/mol. The zero-order chi connectivity index (χ0) is 47.2. The first kappa shape index (κ1) is 62.4. The van der Waals surface area contributed by atoms with Gasteiger partial charge in [0.2, 0.25) is 0 Å². The van der Waals surface area contributed by atoms with Gasteiger partial charge in [0.1, 0.15) is 13.2 Å². The summed E-state index contributed by atoms with van der Waals surface area (Å²) in [6, 6.07) is 0. The maximum atomic E-state index is 12.8. The van der Waals surface area contributed by atoms with Crippen LogP contribution in [-0.2, 0) is 28.6 Å². The van der Waals surface area contributed by atoms with Crippen LogP contribution < -0.4 is 0 Å². The highest BCUT2D eigenvalue weighted by atomic mass is 16.6. The summed E-state index contributed by atoms with van der Waals surface area (Å²) >= 11 is 0. The fourth-order valence-electron chi connectivity index (χ4n) is 8.03. The summed E-state index contributed by atoms with van der Waals surface area (Å²) < 4.78 is 16.7. The van der Waals surface area contributed by atoms with E-state index in [4.69, 9.17) is 14.2 Å². The Morgan fingerprint density at radius 1 is 0.308 bits per heavy atom. The second kappa shape index (κ2) is 54.0. The largest absolute Gasteiger partial charge is 0.462 e. The molecule has 0 aliphatic carbocycles. The SMILES string of the molecule is CCCCCC/C=C\C/C=C\CCCCCCCCCC(=O)OC(COC(=O)CCCCCCCC)COC(=O)CCCCCCCCCCCCC/C=C\C/C=C\CCCCCCC. The van der Waals surface area contributed by atoms with Gasteiger partial charge in [-0.1, -0.05) is 236 Å². The minimum Gasteiger partial charge on any atom is -0.462 e. The molecule has 1 unspecified atom stereocenters. The lowest BCUT2D eigenvalue weighted by Crippen LogP contribution is -2.30. The first-order chi connectivity index (χ1) is 32.0. The fourth-order valence-corrected chi connectivity index (χ4v) is 8.03. The van der Waals surface area contributed by atoms with Crippen molar-refractivity contribution in [1.29, 1.82) is 0 Å². The molecule has 0 amide bonds. The predicted octanol–water partition coefficient (Wildman–Crippen LogP) is 18.7. The van der Waals surface area contributed by atoms with E-state index in [-0.39, 0.29) is 31.1 Å². The highest BCUT2D eigenvalue weighted by molar-refractivity contribution is 5.71. The Balaban J connectivity index is 4.15. The van der Waals surface area contributed by atoms with Gasteiger partial charge in [-0.05, 0) is 83.5 Å². The minimum absolute atomic E-state index is 0.0759. The maximum Gasteiger partial charge on any atom is 0.306 e. The van der Waals surface area contributed by atoms with Crippen LogP contribution in [0.25, 0.3) is 0 Å². The molecule has 65 heavy (non-hydrogen) atoms. The molecule has 0 aliphatic heterocycles. The number of rotatable bonds is 51. The second-order valence-electron chi connectivity index (χ2n) is 18.8. The molecule has 0 fully saturated rings. The Bertz CT molecular complexity index is 1140. The summed E-state index contributed by atoms with van der Waals surface area (Å²) in [6.45, 7) is 6.57. The maximum absolute atomic E-state index is 12.8. The van der Waals surface area contributed by atoms with Crippen LogP contribution >= 0.6 is 0 Å².